The first-order valence-corrected chi connectivity index (χ1v) is 8.80. The second-order valence-corrected chi connectivity index (χ2v) is 8.04. The van der Waals surface area contributed by atoms with E-state index < -0.39 is 5.82 Å². The van der Waals surface area contributed by atoms with Gasteiger partial charge in [0.1, 0.15) is 11.6 Å². The van der Waals surface area contributed by atoms with Crippen LogP contribution in [-0.4, -0.2) is 4.57 Å². The first-order chi connectivity index (χ1) is 11.8. The topological polar surface area (TPSA) is 4.93 Å². The van der Waals surface area contributed by atoms with E-state index in [1.807, 2.05) is 12.3 Å². The van der Waals surface area contributed by atoms with E-state index in [9.17, 15) is 8.78 Å². The van der Waals surface area contributed by atoms with Crippen LogP contribution in [0.15, 0.2) is 54.8 Å². The molecule has 1 nitrogen and oxygen atoms in total. The van der Waals surface area contributed by atoms with Crippen LogP contribution in [0.1, 0.15) is 32.9 Å². The highest BCUT2D eigenvalue weighted by molar-refractivity contribution is 5.64. The molecule has 0 saturated heterocycles. The van der Waals surface area contributed by atoms with E-state index in [0.717, 1.165) is 36.7 Å². The zero-order valence-electron chi connectivity index (χ0n) is 15.1. The third kappa shape index (κ3) is 4.47. The lowest BCUT2D eigenvalue weighted by Gasteiger charge is -2.21. The average molecular weight is 341 g/mol. The van der Waals surface area contributed by atoms with Crippen molar-refractivity contribution in [2.45, 2.75) is 40.2 Å². The summed E-state index contributed by atoms with van der Waals surface area (Å²) >= 11 is 0. The smallest absolute Gasteiger partial charge is 0.131 e. The summed E-state index contributed by atoms with van der Waals surface area (Å²) < 4.78 is 30.0. The van der Waals surface area contributed by atoms with Crippen LogP contribution in [0, 0.1) is 23.0 Å². The molecule has 1 aromatic heterocycles. The van der Waals surface area contributed by atoms with E-state index in [1.54, 1.807) is 0 Å². The van der Waals surface area contributed by atoms with E-state index in [4.69, 9.17) is 0 Å². The first kappa shape index (κ1) is 17.7. The van der Waals surface area contributed by atoms with Crippen LogP contribution >= 0.6 is 0 Å². The zero-order chi connectivity index (χ0) is 18.0. The van der Waals surface area contributed by atoms with E-state index in [0.29, 0.717) is 11.5 Å². The lowest BCUT2D eigenvalue weighted by atomic mass is 9.90. The molecule has 2 aromatic rings. The van der Waals surface area contributed by atoms with Gasteiger partial charge in [-0.2, -0.15) is 0 Å². The van der Waals surface area contributed by atoms with E-state index >= 15 is 0 Å². The average Bonchev–Trinajstić information content (AvgIpc) is 2.91. The molecule has 1 aliphatic rings. The van der Waals surface area contributed by atoms with Gasteiger partial charge in [-0.05, 0) is 48.4 Å². The maximum Gasteiger partial charge on any atom is 0.131 e. The molecular weight excluding hydrogens is 316 g/mol. The van der Waals surface area contributed by atoms with Crippen molar-refractivity contribution in [1.29, 1.82) is 0 Å². The van der Waals surface area contributed by atoms with E-state index in [2.05, 4.69) is 49.6 Å². The molecule has 1 aliphatic carbocycles. The summed E-state index contributed by atoms with van der Waals surface area (Å²) in [7, 11) is 0. The predicted octanol–water partition coefficient (Wildman–Crippen LogP) is 6.15. The Morgan fingerprint density at radius 3 is 2.60 bits per heavy atom. The van der Waals surface area contributed by atoms with Gasteiger partial charge >= 0.3 is 0 Å². The fourth-order valence-electron chi connectivity index (χ4n) is 3.30. The highest BCUT2D eigenvalue weighted by atomic mass is 19.1. The van der Waals surface area contributed by atoms with Gasteiger partial charge in [0.25, 0.3) is 0 Å². The summed E-state index contributed by atoms with van der Waals surface area (Å²) in [6.07, 6.45) is 12.4. The summed E-state index contributed by atoms with van der Waals surface area (Å²) in [4.78, 5) is 0. The lowest BCUT2D eigenvalue weighted by molar-refractivity contribution is 0.391. The first-order valence-electron chi connectivity index (χ1n) is 8.80. The van der Waals surface area contributed by atoms with Crippen LogP contribution in [0.4, 0.5) is 8.78 Å². The Kier molecular flexibility index (Phi) is 4.94. The van der Waals surface area contributed by atoms with Gasteiger partial charge in [-0.3, -0.25) is 0 Å². The number of halogens is 2. The van der Waals surface area contributed by atoms with E-state index in [1.165, 1.54) is 12.1 Å². The van der Waals surface area contributed by atoms with Crippen LogP contribution < -0.4 is 0 Å². The number of benzene rings is 1. The molecule has 1 atom stereocenters. The van der Waals surface area contributed by atoms with Gasteiger partial charge < -0.3 is 4.57 Å². The Labute approximate surface area is 148 Å². The maximum absolute atomic E-state index is 14.2. The summed E-state index contributed by atoms with van der Waals surface area (Å²) in [5.41, 5.74) is 2.35. The van der Waals surface area contributed by atoms with Crippen LogP contribution in [0.3, 0.4) is 0 Å². The normalized spacial score (nSPS) is 17.2. The number of hydrogen-bond donors (Lipinski definition) is 0. The minimum absolute atomic E-state index is 0.121. The molecule has 3 rings (SSSR count). The van der Waals surface area contributed by atoms with Crippen molar-refractivity contribution in [3.05, 3.63) is 72.1 Å². The third-order valence-electron chi connectivity index (χ3n) is 4.44. The monoisotopic (exact) mass is 341 g/mol. The number of nitrogens with zero attached hydrogens (tertiary/aromatic N) is 1. The van der Waals surface area contributed by atoms with Gasteiger partial charge in [0.05, 0.1) is 0 Å². The number of allylic oxidation sites excluding steroid dienone is 4. The fourth-order valence-corrected chi connectivity index (χ4v) is 3.30. The number of aromatic nitrogens is 1. The molecule has 0 amide bonds. The number of rotatable bonds is 4. The van der Waals surface area contributed by atoms with Crippen molar-refractivity contribution >= 4 is 0 Å². The minimum atomic E-state index is -0.415. The molecule has 0 saturated carbocycles. The lowest BCUT2D eigenvalue weighted by Crippen LogP contribution is -2.16. The van der Waals surface area contributed by atoms with Crippen molar-refractivity contribution in [1.82, 2.24) is 4.57 Å². The summed E-state index contributed by atoms with van der Waals surface area (Å²) in [5, 5.41) is 0. The van der Waals surface area contributed by atoms with Crippen molar-refractivity contribution in [3.63, 3.8) is 0 Å². The summed E-state index contributed by atoms with van der Waals surface area (Å²) in [5.74, 6) is -0.371. The molecule has 25 heavy (non-hydrogen) atoms. The molecule has 132 valence electrons. The Morgan fingerprint density at radius 1 is 1.12 bits per heavy atom. The number of hydrogen-bond acceptors (Lipinski definition) is 0. The predicted molar refractivity (Wildman–Crippen MR) is 99.3 cm³/mol. The fraction of sp³-hybridized carbons (Fsp3) is 0.364. The molecule has 0 N–H and O–H groups in total. The summed E-state index contributed by atoms with van der Waals surface area (Å²) in [6.45, 7) is 7.42. The zero-order valence-corrected chi connectivity index (χ0v) is 15.1. The maximum atomic E-state index is 14.2. The van der Waals surface area contributed by atoms with Crippen LogP contribution in [-0.2, 0) is 13.0 Å². The Hall–Kier alpha value is -2.16. The van der Waals surface area contributed by atoms with Crippen molar-refractivity contribution < 1.29 is 8.78 Å². The molecular formula is C22H25F2N. The Bertz CT molecular complexity index is 806. The van der Waals surface area contributed by atoms with Crippen LogP contribution in [0.2, 0.25) is 0 Å². The molecule has 3 heteroatoms. The highest BCUT2D eigenvalue weighted by Gasteiger charge is 2.19. The Morgan fingerprint density at radius 2 is 1.92 bits per heavy atom. The molecule has 1 heterocycles. The van der Waals surface area contributed by atoms with Crippen LogP contribution in [0.25, 0.3) is 11.1 Å². The standard InChI is InChI=1S/C22H25F2N/c1-22(2,3)13-19-11-17(20-12-18(23)9-10-21(20)24)15-25(19)14-16-7-5-4-6-8-16/h4-7,9-12,15-16H,8,13-14H2,1-3H3. The molecule has 0 spiro atoms. The van der Waals surface area contributed by atoms with Crippen LogP contribution in [0.5, 0.6) is 0 Å². The molecule has 0 fully saturated rings. The second kappa shape index (κ2) is 6.99. The van der Waals surface area contributed by atoms with Gasteiger partial charge in [0.2, 0.25) is 0 Å². The van der Waals surface area contributed by atoms with E-state index in [-0.39, 0.29) is 11.2 Å². The largest absolute Gasteiger partial charge is 0.350 e. The Balaban J connectivity index is 1.97. The summed E-state index contributed by atoms with van der Waals surface area (Å²) in [6, 6.07) is 5.63. The van der Waals surface area contributed by atoms with Crippen molar-refractivity contribution in [2.75, 3.05) is 0 Å². The molecule has 1 unspecified atom stereocenters. The quantitative estimate of drug-likeness (QED) is 0.628. The molecule has 0 bridgehead atoms. The van der Waals surface area contributed by atoms with Gasteiger partial charge in [0, 0.05) is 29.6 Å². The minimum Gasteiger partial charge on any atom is -0.350 e. The molecule has 1 aromatic carbocycles. The van der Waals surface area contributed by atoms with Crippen molar-refractivity contribution in [3.8, 4) is 11.1 Å². The van der Waals surface area contributed by atoms with Gasteiger partial charge in [-0.25, -0.2) is 8.78 Å². The second-order valence-electron chi connectivity index (χ2n) is 8.04. The van der Waals surface area contributed by atoms with Gasteiger partial charge in [-0.1, -0.05) is 45.1 Å². The molecule has 0 radical (unpaired) electrons. The van der Waals surface area contributed by atoms with Gasteiger partial charge in [0.15, 0.2) is 0 Å². The molecule has 0 aliphatic heterocycles. The highest BCUT2D eigenvalue weighted by Crippen LogP contribution is 2.30. The van der Waals surface area contributed by atoms with Crippen molar-refractivity contribution in [2.24, 2.45) is 11.3 Å². The van der Waals surface area contributed by atoms with Gasteiger partial charge in [-0.15, -0.1) is 0 Å². The SMILES string of the molecule is CC(C)(C)Cc1cc(-c2cc(F)ccc2F)cn1CC1C=CC=CC1. The third-order valence-corrected chi connectivity index (χ3v) is 4.44.